The van der Waals surface area contributed by atoms with Crippen molar-refractivity contribution in [3.8, 4) is 11.5 Å². The third-order valence-electron chi connectivity index (χ3n) is 3.59. The average molecular weight is 322 g/mol. The van der Waals surface area contributed by atoms with Gasteiger partial charge in [0.25, 0.3) is 0 Å². The number of ether oxygens (including phenoxy) is 2. The van der Waals surface area contributed by atoms with Crippen molar-refractivity contribution in [2.45, 2.75) is 26.3 Å². The molecule has 2 rings (SSSR count). The Kier molecular flexibility index (Phi) is 5.81. The van der Waals surface area contributed by atoms with E-state index >= 15 is 0 Å². The van der Waals surface area contributed by atoms with Crippen LogP contribution < -0.4 is 14.8 Å². The van der Waals surface area contributed by atoms with Crippen molar-refractivity contribution in [3.63, 3.8) is 0 Å². The molecule has 1 atom stereocenters. The second-order valence-electron chi connectivity index (χ2n) is 5.39. The normalized spacial score (nSPS) is 14.4. The molecule has 0 radical (unpaired) electrons. The number of amides is 1. The lowest BCUT2D eigenvalue weighted by atomic mass is 10.2. The number of hydrogen-bond donors (Lipinski definition) is 2. The minimum atomic E-state index is -0.947. The monoisotopic (exact) mass is 322 g/mol. The molecule has 1 heterocycles. The highest BCUT2D eigenvalue weighted by molar-refractivity contribution is 5.95. The number of carboxylic acids is 1. The van der Waals surface area contributed by atoms with Gasteiger partial charge >= 0.3 is 5.97 Å². The van der Waals surface area contributed by atoms with Crippen molar-refractivity contribution in [1.82, 2.24) is 4.90 Å². The molecular formula is C16H22N2O5. The van der Waals surface area contributed by atoms with Crippen LogP contribution in [-0.2, 0) is 9.59 Å². The van der Waals surface area contributed by atoms with E-state index in [2.05, 4.69) is 5.32 Å². The number of nitrogens with one attached hydrogen (secondary N) is 1. The predicted molar refractivity (Wildman–Crippen MR) is 85.0 cm³/mol. The van der Waals surface area contributed by atoms with E-state index in [1.54, 1.807) is 30.0 Å². The molecular weight excluding hydrogens is 300 g/mol. The highest BCUT2D eigenvalue weighted by Gasteiger charge is 2.23. The maximum absolute atomic E-state index is 12.4. The summed E-state index contributed by atoms with van der Waals surface area (Å²) in [4.78, 5) is 24.9. The van der Waals surface area contributed by atoms with E-state index in [9.17, 15) is 9.59 Å². The van der Waals surface area contributed by atoms with Crippen molar-refractivity contribution in [3.05, 3.63) is 18.2 Å². The number of fused-ring (bicyclic) bond motifs is 1. The van der Waals surface area contributed by atoms with Crippen LogP contribution in [0.1, 0.15) is 20.3 Å². The molecule has 1 aromatic rings. The van der Waals surface area contributed by atoms with Gasteiger partial charge in [-0.15, -0.1) is 0 Å². The molecule has 0 saturated heterocycles. The Morgan fingerprint density at radius 2 is 2.00 bits per heavy atom. The van der Waals surface area contributed by atoms with Gasteiger partial charge in [0.2, 0.25) is 5.91 Å². The third-order valence-corrected chi connectivity index (χ3v) is 3.59. The number of rotatable bonds is 7. The molecule has 2 N–H and O–H groups in total. The van der Waals surface area contributed by atoms with Crippen molar-refractivity contribution >= 4 is 17.6 Å². The van der Waals surface area contributed by atoms with Crippen LogP contribution in [0.3, 0.4) is 0 Å². The van der Waals surface area contributed by atoms with Crippen LogP contribution in [0.15, 0.2) is 18.2 Å². The minimum absolute atomic E-state index is 0.163. The summed E-state index contributed by atoms with van der Waals surface area (Å²) in [5.74, 6) is 0.0484. The lowest BCUT2D eigenvalue weighted by Crippen LogP contribution is -2.44. The standard InChI is InChI=1S/C16H22N2O5/c1-3-6-18(10-15(19)20)11(2)16(21)17-12-4-5-13-14(9-12)23-8-7-22-13/h4-5,9,11H,3,6-8,10H2,1-2H3,(H,17,21)(H,19,20). The molecule has 7 heteroatoms. The molecule has 0 spiro atoms. The van der Waals surface area contributed by atoms with Crippen LogP contribution in [0.4, 0.5) is 5.69 Å². The first-order valence-corrected chi connectivity index (χ1v) is 7.67. The lowest BCUT2D eigenvalue weighted by molar-refractivity contribution is -0.139. The zero-order chi connectivity index (χ0) is 16.8. The van der Waals surface area contributed by atoms with Gasteiger partial charge in [0.05, 0.1) is 12.6 Å². The van der Waals surface area contributed by atoms with Crippen LogP contribution in [-0.4, -0.2) is 54.2 Å². The number of aliphatic carboxylic acids is 1. The summed E-state index contributed by atoms with van der Waals surface area (Å²) >= 11 is 0. The molecule has 0 aliphatic carbocycles. The molecule has 1 aromatic carbocycles. The summed E-state index contributed by atoms with van der Waals surface area (Å²) in [7, 11) is 0. The van der Waals surface area contributed by atoms with Crippen molar-refractivity contribution in [2.75, 3.05) is 31.6 Å². The fraction of sp³-hybridized carbons (Fsp3) is 0.500. The Bertz CT molecular complexity index is 576. The molecule has 1 amide bonds. The molecule has 126 valence electrons. The van der Waals surface area contributed by atoms with Gasteiger partial charge in [-0.2, -0.15) is 0 Å². The minimum Gasteiger partial charge on any atom is -0.486 e. The largest absolute Gasteiger partial charge is 0.486 e. The van der Waals surface area contributed by atoms with Crippen LogP contribution in [0.25, 0.3) is 0 Å². The highest BCUT2D eigenvalue weighted by Crippen LogP contribution is 2.32. The number of carboxylic acid groups (broad SMARTS) is 1. The topological polar surface area (TPSA) is 88.1 Å². The zero-order valence-electron chi connectivity index (χ0n) is 13.4. The van der Waals surface area contributed by atoms with Gasteiger partial charge in [-0.25, -0.2) is 0 Å². The quantitative estimate of drug-likeness (QED) is 0.792. The van der Waals surface area contributed by atoms with Gasteiger partial charge in [-0.1, -0.05) is 6.92 Å². The van der Waals surface area contributed by atoms with Gasteiger partial charge in [0, 0.05) is 11.8 Å². The predicted octanol–water partition coefficient (Wildman–Crippen LogP) is 1.58. The maximum atomic E-state index is 12.4. The molecule has 1 aliphatic rings. The number of hydrogen-bond acceptors (Lipinski definition) is 5. The van der Waals surface area contributed by atoms with Gasteiger partial charge in [-0.3, -0.25) is 14.5 Å². The molecule has 1 aliphatic heterocycles. The fourth-order valence-electron chi connectivity index (χ4n) is 2.40. The van der Waals surface area contributed by atoms with Crippen LogP contribution in [0.5, 0.6) is 11.5 Å². The van der Waals surface area contributed by atoms with Crippen molar-refractivity contribution in [1.29, 1.82) is 0 Å². The number of benzene rings is 1. The summed E-state index contributed by atoms with van der Waals surface area (Å²) in [6.07, 6.45) is 0.773. The second-order valence-corrected chi connectivity index (χ2v) is 5.39. The average Bonchev–Trinajstić information content (AvgIpc) is 2.53. The van der Waals surface area contributed by atoms with Gasteiger partial charge < -0.3 is 19.9 Å². The summed E-state index contributed by atoms with van der Waals surface area (Å²) in [5, 5.41) is 11.8. The molecule has 0 aromatic heterocycles. The Morgan fingerprint density at radius 3 is 2.65 bits per heavy atom. The van der Waals surface area contributed by atoms with E-state index in [0.717, 1.165) is 6.42 Å². The molecule has 0 fully saturated rings. The van der Waals surface area contributed by atoms with E-state index in [0.29, 0.717) is 36.9 Å². The summed E-state index contributed by atoms with van der Waals surface area (Å²) in [6.45, 7) is 5.01. The van der Waals surface area contributed by atoms with Crippen molar-refractivity contribution in [2.24, 2.45) is 0 Å². The fourth-order valence-corrected chi connectivity index (χ4v) is 2.40. The molecule has 0 bridgehead atoms. The smallest absolute Gasteiger partial charge is 0.317 e. The Balaban J connectivity index is 2.03. The number of nitrogens with zero attached hydrogens (tertiary/aromatic N) is 1. The maximum Gasteiger partial charge on any atom is 0.317 e. The van der Waals surface area contributed by atoms with Crippen LogP contribution in [0.2, 0.25) is 0 Å². The molecule has 23 heavy (non-hydrogen) atoms. The molecule has 0 saturated carbocycles. The molecule has 7 nitrogen and oxygen atoms in total. The first-order chi connectivity index (χ1) is 11.0. The lowest BCUT2D eigenvalue weighted by Gasteiger charge is -2.26. The number of carbonyl (C=O) groups is 2. The SMILES string of the molecule is CCCN(CC(=O)O)C(C)C(=O)Nc1ccc2c(c1)OCCO2. The molecule has 1 unspecified atom stereocenters. The van der Waals surface area contributed by atoms with Gasteiger partial charge in [0.1, 0.15) is 13.2 Å². The van der Waals surface area contributed by atoms with Crippen LogP contribution >= 0.6 is 0 Å². The van der Waals surface area contributed by atoms with E-state index < -0.39 is 12.0 Å². The zero-order valence-corrected chi connectivity index (χ0v) is 13.4. The third kappa shape index (κ3) is 4.59. The highest BCUT2D eigenvalue weighted by atomic mass is 16.6. The van der Waals surface area contributed by atoms with Gasteiger partial charge in [0.15, 0.2) is 11.5 Å². The Morgan fingerprint density at radius 1 is 1.30 bits per heavy atom. The summed E-state index contributed by atoms with van der Waals surface area (Å²) in [6, 6.07) is 4.65. The van der Waals surface area contributed by atoms with Crippen LogP contribution in [0, 0.1) is 0 Å². The van der Waals surface area contributed by atoms with Crippen molar-refractivity contribution < 1.29 is 24.2 Å². The van der Waals surface area contributed by atoms with E-state index in [-0.39, 0.29) is 12.5 Å². The Hall–Kier alpha value is -2.28. The summed E-state index contributed by atoms with van der Waals surface area (Å²) in [5.41, 5.74) is 0.595. The van der Waals surface area contributed by atoms with E-state index in [1.807, 2.05) is 6.92 Å². The second kappa shape index (κ2) is 7.82. The number of carbonyl (C=O) groups excluding carboxylic acids is 1. The summed E-state index contributed by atoms with van der Waals surface area (Å²) < 4.78 is 10.9. The van der Waals surface area contributed by atoms with E-state index in [1.165, 1.54) is 0 Å². The first-order valence-electron chi connectivity index (χ1n) is 7.67. The van der Waals surface area contributed by atoms with Gasteiger partial charge in [-0.05, 0) is 32.0 Å². The first kappa shape index (κ1) is 17.1. The van der Waals surface area contributed by atoms with E-state index in [4.69, 9.17) is 14.6 Å². The Labute approximate surface area is 135 Å². The number of anilines is 1.